The molecule has 0 amide bonds. The molecule has 0 atom stereocenters. The lowest BCUT2D eigenvalue weighted by Crippen LogP contribution is -2.26. The van der Waals surface area contributed by atoms with Crippen molar-refractivity contribution >= 4 is 0 Å². The molecule has 0 radical (unpaired) electrons. The number of aromatic nitrogens is 1. The lowest BCUT2D eigenvalue weighted by molar-refractivity contribution is 0.502. The predicted octanol–water partition coefficient (Wildman–Crippen LogP) is 5.28. The Bertz CT molecular complexity index is 462. The summed E-state index contributed by atoms with van der Waals surface area (Å²) in [7, 11) is 0. The molecule has 108 valence electrons. The molecule has 0 aromatic carbocycles. The van der Waals surface area contributed by atoms with Gasteiger partial charge in [0.1, 0.15) is 0 Å². The molecule has 0 aliphatic carbocycles. The first kappa shape index (κ1) is 16.2. The van der Waals surface area contributed by atoms with Crippen LogP contribution in [0.2, 0.25) is 0 Å². The Morgan fingerprint density at radius 2 is 1.11 bits per heavy atom. The molecule has 0 aliphatic heterocycles. The van der Waals surface area contributed by atoms with E-state index in [1.165, 1.54) is 22.5 Å². The minimum Gasteiger partial charge on any atom is -0.257 e. The molecule has 0 spiro atoms. The highest BCUT2D eigenvalue weighted by Gasteiger charge is 2.29. The molecule has 19 heavy (non-hydrogen) atoms. The van der Waals surface area contributed by atoms with Gasteiger partial charge in [0, 0.05) is 16.8 Å². The first-order chi connectivity index (χ1) is 8.24. The van der Waals surface area contributed by atoms with Crippen molar-refractivity contribution in [3.8, 4) is 0 Å². The third-order valence-corrected chi connectivity index (χ3v) is 3.54. The van der Waals surface area contributed by atoms with Crippen LogP contribution in [0.3, 0.4) is 0 Å². The van der Waals surface area contributed by atoms with Gasteiger partial charge >= 0.3 is 0 Å². The van der Waals surface area contributed by atoms with Crippen molar-refractivity contribution < 1.29 is 0 Å². The van der Waals surface area contributed by atoms with E-state index in [0.717, 1.165) is 0 Å². The smallest absolute Gasteiger partial charge is 0.0497 e. The highest BCUT2D eigenvalue weighted by Crippen LogP contribution is 2.36. The molecule has 1 rings (SSSR count). The molecule has 0 N–H and O–H groups in total. The number of hydrogen-bond donors (Lipinski definition) is 0. The lowest BCUT2D eigenvalue weighted by atomic mass is 9.75. The Morgan fingerprint density at radius 3 is 1.42 bits per heavy atom. The Hall–Kier alpha value is -0.850. The summed E-state index contributed by atoms with van der Waals surface area (Å²) < 4.78 is 0. The maximum absolute atomic E-state index is 4.98. The molecule has 1 nitrogen and oxygen atoms in total. The lowest BCUT2D eigenvalue weighted by Gasteiger charge is -2.32. The molecule has 1 heteroatoms. The molecule has 1 aromatic heterocycles. The maximum Gasteiger partial charge on any atom is 0.0497 e. The summed E-state index contributed by atoms with van der Waals surface area (Å²) >= 11 is 0. The van der Waals surface area contributed by atoms with Gasteiger partial charge in [-0.3, -0.25) is 4.98 Å². The Balaban J connectivity index is 3.66. The van der Waals surface area contributed by atoms with E-state index in [2.05, 4.69) is 75.3 Å². The molecule has 0 unspecified atom stereocenters. The summed E-state index contributed by atoms with van der Waals surface area (Å²) in [5, 5.41) is 0. The van der Waals surface area contributed by atoms with Crippen molar-refractivity contribution in [3.63, 3.8) is 0 Å². The van der Waals surface area contributed by atoms with Gasteiger partial charge in [-0.05, 0) is 28.9 Å². The normalized spacial score (nSPS) is 13.8. The van der Waals surface area contributed by atoms with Gasteiger partial charge in [-0.2, -0.15) is 0 Å². The molecule has 1 heterocycles. The molecule has 0 bridgehead atoms. The van der Waals surface area contributed by atoms with Crippen molar-refractivity contribution in [2.75, 3.05) is 0 Å². The molecule has 0 saturated heterocycles. The van der Waals surface area contributed by atoms with E-state index in [-0.39, 0.29) is 16.2 Å². The first-order valence-electron chi connectivity index (χ1n) is 7.27. The van der Waals surface area contributed by atoms with E-state index in [0.29, 0.717) is 0 Å². The fourth-order valence-electron chi connectivity index (χ4n) is 2.51. The zero-order valence-corrected chi connectivity index (χ0v) is 14.5. The number of nitrogens with zero attached hydrogens (tertiary/aromatic N) is 1. The van der Waals surface area contributed by atoms with Crippen molar-refractivity contribution in [1.82, 2.24) is 4.98 Å². The van der Waals surface area contributed by atoms with Crippen LogP contribution in [0.25, 0.3) is 0 Å². The Labute approximate surface area is 119 Å². The number of rotatable bonds is 0. The summed E-state index contributed by atoms with van der Waals surface area (Å²) in [5.74, 6) is 0. The van der Waals surface area contributed by atoms with Gasteiger partial charge < -0.3 is 0 Å². The van der Waals surface area contributed by atoms with Crippen LogP contribution < -0.4 is 0 Å². The summed E-state index contributed by atoms with van der Waals surface area (Å²) in [6.07, 6.45) is 0. The van der Waals surface area contributed by atoms with E-state index in [1.807, 2.05) is 0 Å². The zero-order valence-electron chi connectivity index (χ0n) is 14.5. The van der Waals surface area contributed by atoms with Crippen LogP contribution in [-0.2, 0) is 16.2 Å². The monoisotopic (exact) mass is 261 g/mol. The average Bonchev–Trinajstić information content (AvgIpc) is 2.11. The van der Waals surface area contributed by atoms with Crippen LogP contribution >= 0.6 is 0 Å². The van der Waals surface area contributed by atoms with E-state index < -0.39 is 0 Å². The highest BCUT2D eigenvalue weighted by atomic mass is 14.7. The third kappa shape index (κ3) is 3.58. The van der Waals surface area contributed by atoms with Crippen LogP contribution in [0.15, 0.2) is 6.07 Å². The minimum atomic E-state index is 0.0871. The largest absolute Gasteiger partial charge is 0.257 e. The molecule has 0 aliphatic rings. The summed E-state index contributed by atoms with van der Waals surface area (Å²) in [6.45, 7) is 22.5. The average molecular weight is 261 g/mol. The molecule has 0 saturated carbocycles. The minimum absolute atomic E-state index is 0.0871. The second-order valence-corrected chi connectivity index (χ2v) is 8.77. The van der Waals surface area contributed by atoms with Crippen molar-refractivity contribution in [2.45, 2.75) is 85.5 Å². The van der Waals surface area contributed by atoms with E-state index in [1.54, 1.807) is 0 Å². The zero-order chi connectivity index (χ0) is 15.2. The fraction of sp³-hybridized carbons (Fsp3) is 0.722. The second-order valence-electron chi connectivity index (χ2n) is 8.77. The van der Waals surface area contributed by atoms with E-state index in [9.17, 15) is 0 Å². The summed E-state index contributed by atoms with van der Waals surface area (Å²) in [4.78, 5) is 4.98. The molecule has 1 aromatic rings. The van der Waals surface area contributed by atoms with Crippen LogP contribution in [0.1, 0.15) is 84.8 Å². The van der Waals surface area contributed by atoms with Crippen molar-refractivity contribution in [3.05, 3.63) is 28.6 Å². The SMILES string of the molecule is Cc1nc(C(C)(C)C)c(C(C)(C)C)cc1C(C)(C)C. The molecular formula is C18H31N. The van der Waals surface area contributed by atoms with Crippen LogP contribution in [0, 0.1) is 6.92 Å². The third-order valence-electron chi connectivity index (χ3n) is 3.54. The van der Waals surface area contributed by atoms with Gasteiger partial charge in [0.2, 0.25) is 0 Å². The van der Waals surface area contributed by atoms with Gasteiger partial charge in [-0.1, -0.05) is 68.4 Å². The van der Waals surface area contributed by atoms with Gasteiger partial charge in [0.25, 0.3) is 0 Å². The quantitative estimate of drug-likeness (QED) is 0.619. The standard InChI is InChI=1S/C18H31N/c1-12-13(16(2,3)4)11-14(17(5,6)7)15(19-12)18(8,9)10/h11H,1-10H3. The van der Waals surface area contributed by atoms with Crippen molar-refractivity contribution in [1.29, 1.82) is 0 Å². The summed E-state index contributed by atoms with van der Waals surface area (Å²) in [5.41, 5.74) is 5.53. The van der Waals surface area contributed by atoms with E-state index >= 15 is 0 Å². The second kappa shape index (κ2) is 4.61. The first-order valence-corrected chi connectivity index (χ1v) is 7.27. The van der Waals surface area contributed by atoms with E-state index in [4.69, 9.17) is 4.98 Å². The van der Waals surface area contributed by atoms with Gasteiger partial charge in [0.15, 0.2) is 0 Å². The number of hydrogen-bond acceptors (Lipinski definition) is 1. The van der Waals surface area contributed by atoms with Gasteiger partial charge in [0.05, 0.1) is 0 Å². The Kier molecular flexibility index (Phi) is 3.93. The Morgan fingerprint density at radius 1 is 0.684 bits per heavy atom. The van der Waals surface area contributed by atoms with Crippen LogP contribution in [-0.4, -0.2) is 4.98 Å². The topological polar surface area (TPSA) is 12.9 Å². The maximum atomic E-state index is 4.98. The van der Waals surface area contributed by atoms with Crippen LogP contribution in [0.4, 0.5) is 0 Å². The predicted molar refractivity (Wildman–Crippen MR) is 85.1 cm³/mol. The number of pyridine rings is 1. The van der Waals surface area contributed by atoms with Crippen molar-refractivity contribution in [2.24, 2.45) is 0 Å². The molecule has 0 fully saturated rings. The fourth-order valence-corrected chi connectivity index (χ4v) is 2.51. The summed E-state index contributed by atoms with van der Waals surface area (Å²) in [6, 6.07) is 2.39. The van der Waals surface area contributed by atoms with Gasteiger partial charge in [-0.15, -0.1) is 0 Å². The molecular weight excluding hydrogens is 230 g/mol. The van der Waals surface area contributed by atoms with Crippen LogP contribution in [0.5, 0.6) is 0 Å². The van der Waals surface area contributed by atoms with Gasteiger partial charge in [-0.25, -0.2) is 0 Å². The number of aryl methyl sites for hydroxylation is 1. The highest BCUT2D eigenvalue weighted by molar-refractivity contribution is 5.40.